The van der Waals surface area contributed by atoms with Gasteiger partial charge < -0.3 is 0 Å². The molecule has 4 aliphatic rings. The van der Waals surface area contributed by atoms with Crippen LogP contribution >= 0.6 is 0 Å². The molecule has 56 heavy (non-hydrogen) atoms. The van der Waals surface area contributed by atoms with Gasteiger partial charge in [-0.1, -0.05) is 103 Å². The highest BCUT2D eigenvalue weighted by Gasteiger charge is 2.62. The third-order valence-corrected chi connectivity index (χ3v) is 13.0. The standard InChI is InChI=1S/C52H50N4/c1-4-11-41(12-5-1)46-20-18-38(32-54-46)22-25-50-29-40-30-51(35-50,26-23-39-19-21-47(55-33-39)42-13-6-2-7-14-42)37-52(31-40,36-50)27-24-44-34-56-48(43-15-8-3-9-16-43)45-17-10-28-53-49(44)45/h1-21,28,32-34,40H,22-27,29-31,35-37H2/i25D2,27D2. The number of aryl methyl sites for hydroxylation is 3. The maximum absolute atomic E-state index is 10.2. The SMILES string of the molecule is [2H]C([2H])(Cc1ccc(-c2ccccc2)nc1)C12CC3CC(CCc4ccc(-c5ccccc5)nc4)(C1)CC(C([2H])([2H])Cc1cnc(-c4ccccc4)c4cccnc14)(C3)C2. The molecule has 4 nitrogen and oxygen atoms in total. The average molecular weight is 735 g/mol. The van der Waals surface area contributed by atoms with E-state index in [0.717, 1.165) is 101 Å². The Bertz CT molecular complexity index is 2620. The Labute approximate surface area is 337 Å². The van der Waals surface area contributed by atoms with Crippen LogP contribution in [0.3, 0.4) is 0 Å². The molecule has 4 fully saturated rings. The molecule has 4 bridgehead atoms. The van der Waals surface area contributed by atoms with E-state index in [0.29, 0.717) is 6.42 Å². The summed E-state index contributed by atoms with van der Waals surface area (Å²) in [6, 6.07) is 42.8. The quantitative estimate of drug-likeness (QED) is 0.125. The van der Waals surface area contributed by atoms with Gasteiger partial charge in [-0.3, -0.25) is 19.9 Å². The normalized spacial score (nSPS) is 25.3. The molecule has 4 aromatic heterocycles. The van der Waals surface area contributed by atoms with Crippen molar-refractivity contribution in [2.45, 2.75) is 77.0 Å². The minimum Gasteiger partial charge on any atom is -0.256 e. The molecular weight excluding hydrogens is 681 g/mol. The van der Waals surface area contributed by atoms with E-state index in [1.165, 1.54) is 5.56 Å². The summed E-state index contributed by atoms with van der Waals surface area (Å²) in [4.78, 5) is 19.4. The van der Waals surface area contributed by atoms with Gasteiger partial charge in [-0.25, -0.2) is 0 Å². The maximum atomic E-state index is 10.2. The van der Waals surface area contributed by atoms with Crippen molar-refractivity contribution in [2.75, 3.05) is 0 Å². The van der Waals surface area contributed by atoms with Crippen LogP contribution in [0, 0.1) is 22.2 Å². The van der Waals surface area contributed by atoms with Crippen molar-refractivity contribution >= 4 is 10.9 Å². The molecule has 3 aromatic carbocycles. The van der Waals surface area contributed by atoms with Gasteiger partial charge in [0.15, 0.2) is 0 Å². The van der Waals surface area contributed by atoms with Gasteiger partial charge in [-0.2, -0.15) is 0 Å². The summed E-state index contributed by atoms with van der Waals surface area (Å²) < 4.78 is 40.5. The molecule has 4 unspecified atom stereocenters. The molecule has 0 aliphatic heterocycles. The van der Waals surface area contributed by atoms with Crippen LogP contribution in [0.2, 0.25) is 0 Å². The Morgan fingerprint density at radius 1 is 0.500 bits per heavy atom. The lowest BCUT2D eigenvalue weighted by Gasteiger charge is -2.67. The second-order valence-electron chi connectivity index (χ2n) is 17.0. The number of hydrogen-bond acceptors (Lipinski definition) is 4. The van der Waals surface area contributed by atoms with Crippen LogP contribution in [0.5, 0.6) is 0 Å². The second-order valence-corrected chi connectivity index (χ2v) is 17.0. The van der Waals surface area contributed by atoms with E-state index in [2.05, 4.69) is 36.4 Å². The van der Waals surface area contributed by atoms with Crippen molar-refractivity contribution in [1.82, 2.24) is 19.9 Å². The number of fused-ring (bicyclic) bond motifs is 1. The fourth-order valence-corrected chi connectivity index (χ4v) is 11.0. The zero-order chi connectivity index (χ0) is 41.0. The fraction of sp³-hybridized carbons (Fsp3) is 0.308. The van der Waals surface area contributed by atoms with Crippen LogP contribution in [-0.2, 0) is 19.3 Å². The first-order chi connectivity index (χ1) is 29.0. The van der Waals surface area contributed by atoms with Crippen LogP contribution in [0.15, 0.2) is 152 Å². The number of pyridine rings is 4. The third-order valence-electron chi connectivity index (χ3n) is 13.0. The van der Waals surface area contributed by atoms with Gasteiger partial charge in [-0.05, 0) is 140 Å². The minimum absolute atomic E-state index is 0.181. The van der Waals surface area contributed by atoms with Crippen LogP contribution in [0.1, 0.15) is 79.9 Å². The van der Waals surface area contributed by atoms with Gasteiger partial charge in [0.25, 0.3) is 0 Å². The average Bonchev–Trinajstić information content (AvgIpc) is 3.26. The molecule has 4 heteroatoms. The van der Waals surface area contributed by atoms with Gasteiger partial charge in [0.05, 0.1) is 22.6 Å². The highest BCUT2D eigenvalue weighted by Crippen LogP contribution is 2.73. The molecule has 0 amide bonds. The van der Waals surface area contributed by atoms with E-state index in [1.54, 1.807) is 6.20 Å². The smallest absolute Gasteiger partial charge is 0.0796 e. The molecule has 4 atom stereocenters. The summed E-state index contributed by atoms with van der Waals surface area (Å²) in [5.74, 6) is 0.247. The van der Waals surface area contributed by atoms with E-state index in [9.17, 15) is 5.48 Å². The van der Waals surface area contributed by atoms with Crippen molar-refractivity contribution in [1.29, 1.82) is 0 Å². The number of rotatable bonds is 12. The van der Waals surface area contributed by atoms with Crippen molar-refractivity contribution in [3.8, 4) is 33.8 Å². The Morgan fingerprint density at radius 2 is 1.05 bits per heavy atom. The van der Waals surface area contributed by atoms with Gasteiger partial charge in [0.2, 0.25) is 0 Å². The van der Waals surface area contributed by atoms with Crippen molar-refractivity contribution in [2.24, 2.45) is 22.2 Å². The summed E-state index contributed by atoms with van der Waals surface area (Å²) in [5, 5.41) is 0.922. The molecule has 7 aromatic rings. The van der Waals surface area contributed by atoms with Gasteiger partial charge in [0.1, 0.15) is 0 Å². The van der Waals surface area contributed by atoms with E-state index >= 15 is 0 Å². The molecular formula is C52H50N4. The Kier molecular flexibility index (Phi) is 7.98. The van der Waals surface area contributed by atoms with Crippen molar-refractivity contribution in [3.63, 3.8) is 0 Å². The van der Waals surface area contributed by atoms with Crippen molar-refractivity contribution in [3.05, 3.63) is 169 Å². The predicted molar refractivity (Wildman–Crippen MR) is 228 cm³/mol. The molecule has 278 valence electrons. The molecule has 0 radical (unpaired) electrons. The summed E-state index contributed by atoms with van der Waals surface area (Å²) >= 11 is 0. The minimum atomic E-state index is -1.63. The first-order valence-corrected chi connectivity index (χ1v) is 20.3. The number of nitrogens with zero attached hydrogens (tertiary/aromatic N) is 4. The van der Waals surface area contributed by atoms with E-state index in [1.807, 2.05) is 110 Å². The first-order valence-electron chi connectivity index (χ1n) is 22.3. The van der Waals surface area contributed by atoms with Crippen molar-refractivity contribution < 1.29 is 5.48 Å². The van der Waals surface area contributed by atoms with Crippen LogP contribution in [-0.4, -0.2) is 19.9 Å². The lowest BCUT2D eigenvalue weighted by Crippen LogP contribution is -2.57. The van der Waals surface area contributed by atoms with E-state index in [4.69, 9.17) is 19.9 Å². The second kappa shape index (κ2) is 14.5. The largest absolute Gasteiger partial charge is 0.256 e. The molecule has 0 N–H and O–H groups in total. The van der Waals surface area contributed by atoms with Crippen LogP contribution in [0.25, 0.3) is 44.7 Å². The number of aromatic nitrogens is 4. The molecule has 4 heterocycles. The van der Waals surface area contributed by atoms with Crippen LogP contribution < -0.4 is 0 Å². The topological polar surface area (TPSA) is 51.6 Å². The van der Waals surface area contributed by atoms with Gasteiger partial charge in [-0.15, -0.1) is 0 Å². The Hall–Kier alpha value is -5.48. The van der Waals surface area contributed by atoms with Crippen LogP contribution in [0.4, 0.5) is 0 Å². The third kappa shape index (κ3) is 6.95. The number of hydrogen-bond donors (Lipinski definition) is 0. The fourth-order valence-electron chi connectivity index (χ4n) is 11.0. The lowest BCUT2D eigenvalue weighted by atomic mass is 9.37. The summed E-state index contributed by atoms with van der Waals surface area (Å²) in [6.45, 7) is 0. The molecule has 4 aliphatic carbocycles. The molecule has 0 spiro atoms. The molecule has 11 rings (SSSR count). The Morgan fingerprint density at radius 3 is 1.66 bits per heavy atom. The predicted octanol–water partition coefficient (Wildman–Crippen LogP) is 12.6. The maximum Gasteiger partial charge on any atom is 0.0796 e. The van der Waals surface area contributed by atoms with Gasteiger partial charge in [0, 0.05) is 52.3 Å². The zero-order valence-corrected chi connectivity index (χ0v) is 31.9. The first kappa shape index (κ1) is 30.7. The summed E-state index contributed by atoms with van der Waals surface area (Å²) in [5.41, 5.74) is 7.90. The van der Waals surface area contributed by atoms with E-state index in [-0.39, 0.29) is 24.2 Å². The molecule has 4 saturated carbocycles. The van der Waals surface area contributed by atoms with E-state index < -0.39 is 23.6 Å². The summed E-state index contributed by atoms with van der Waals surface area (Å²) in [7, 11) is 0. The highest BCUT2D eigenvalue weighted by molar-refractivity contribution is 5.93. The Balaban J connectivity index is 0.992. The van der Waals surface area contributed by atoms with Gasteiger partial charge >= 0.3 is 0 Å². The lowest BCUT2D eigenvalue weighted by molar-refractivity contribution is -0.166. The monoisotopic (exact) mass is 734 g/mol. The highest BCUT2D eigenvalue weighted by atomic mass is 14.7. The molecule has 0 saturated heterocycles. The summed E-state index contributed by atoms with van der Waals surface area (Å²) in [6.07, 6.45) is 11.1. The number of benzene rings is 3. The zero-order valence-electron chi connectivity index (χ0n) is 35.9.